The van der Waals surface area contributed by atoms with Gasteiger partial charge in [0.1, 0.15) is 0 Å². The maximum Gasteiger partial charge on any atom is 0.161 e. The number of nitrogens with zero attached hydrogens (tertiary/aromatic N) is 6. The topological polar surface area (TPSA) is 252 Å². The highest BCUT2D eigenvalue weighted by Gasteiger charge is 2.47. The number of methoxy groups -OCH3 is 12. The van der Waals surface area contributed by atoms with E-state index in [4.69, 9.17) is 143 Å². The van der Waals surface area contributed by atoms with Crippen LogP contribution in [0.1, 0.15) is 349 Å². The maximum atomic E-state index is 11.3. The molecule has 6 fully saturated rings. The summed E-state index contributed by atoms with van der Waals surface area (Å²) >= 11 is 0. The molecular weight excluding hydrogens is 1740 g/mol. The van der Waals surface area contributed by atoms with E-state index in [1.54, 1.807) is 65.8 Å². The Bertz CT molecular complexity index is 7740. The van der Waals surface area contributed by atoms with Crippen molar-refractivity contribution in [2.45, 2.75) is 271 Å². The molecule has 18 rings (SSSR count). The molecule has 21 unspecified atom stereocenters. The number of benzene rings is 6. The van der Waals surface area contributed by atoms with E-state index in [1.807, 2.05) is 0 Å². The normalized spacial score (nSPS) is 47.1. The number of aliphatic hydroxyl groups is 6. The minimum absolute atomic E-state index is 0.0253. The average molecular weight is 1980 g/mol. The summed E-state index contributed by atoms with van der Waals surface area (Å²) in [4.78, 5) is 6.05. The van der Waals surface area contributed by atoms with Crippen molar-refractivity contribution in [3.05, 3.63) is 140 Å². The minimum atomic E-state index is -3.97. The zero-order valence-electron chi connectivity index (χ0n) is 144. The number of ether oxygens (including phenoxy) is 12. The molecule has 0 aliphatic carbocycles. The molecule has 12 aliphatic rings. The van der Waals surface area contributed by atoms with Crippen LogP contribution in [0.5, 0.6) is 69.0 Å². The van der Waals surface area contributed by atoms with Crippen LogP contribution in [0.15, 0.2) is 72.8 Å². The molecule has 21 atom stereocenters. The van der Waals surface area contributed by atoms with Crippen molar-refractivity contribution < 1.29 is 174 Å². The summed E-state index contributed by atoms with van der Waals surface area (Å²) < 4.78 is 588. The molecule has 12 aliphatic heterocycles. The van der Waals surface area contributed by atoms with Crippen molar-refractivity contribution in [2.75, 3.05) is 163 Å². The standard InChI is InChI=1S/6C19H29NO3/c6*1-12(2)7-14-11-20-6-5-13-8-18(22-3)19(23-4)9-15(13)16(20)10-17(14)21/h6*8-9,12,14,16-17,21H,5-7,10-11H2,1-4H3/i1D3,4D3,7D2,10D2,11D2,12D,14D,17D;2*1D3,7D2,10D2,11D2,12D,14D,17D;2*4D3,10D2,11D2,14D,17D;10D2,11D2,14D,17D. The highest BCUT2D eigenvalue weighted by molar-refractivity contribution is 5.55. The lowest BCUT2D eigenvalue weighted by molar-refractivity contribution is -0.0192. The maximum absolute atomic E-state index is 11.3. The molecule has 138 heavy (non-hydrogen) atoms. The van der Waals surface area contributed by atoms with E-state index in [-0.39, 0.29) is 182 Å². The predicted octanol–water partition coefficient (Wildman–Crippen LogP) is 18.2. The molecule has 0 amide bonds. The second-order valence-corrected chi connectivity index (χ2v) is 35.4. The van der Waals surface area contributed by atoms with Gasteiger partial charge in [0, 0.05) is 180 Å². The Labute approximate surface area is 915 Å². The smallest absolute Gasteiger partial charge is 0.161 e. The molecule has 6 N–H and O–H groups in total. The van der Waals surface area contributed by atoms with Crippen molar-refractivity contribution in [1.29, 1.82) is 0 Å². The van der Waals surface area contributed by atoms with Crippen molar-refractivity contribution in [3.63, 3.8) is 0 Å². The fourth-order valence-electron chi connectivity index (χ4n) is 18.1. The monoisotopic (exact) mass is 1980 g/mol. The lowest BCUT2D eigenvalue weighted by Crippen LogP contribution is -2.48. The lowest BCUT2D eigenvalue weighted by atomic mass is 9.79. The Morgan fingerprint density at radius 2 is 0.435 bits per heavy atom. The van der Waals surface area contributed by atoms with Gasteiger partial charge in [-0.2, -0.15) is 0 Å². The van der Waals surface area contributed by atoms with Crippen molar-refractivity contribution in [2.24, 2.45) is 70.8 Å². The molecule has 768 valence electrons. The van der Waals surface area contributed by atoms with Crippen LogP contribution in [0, 0.1) is 70.8 Å². The second kappa shape index (κ2) is 49.1. The van der Waals surface area contributed by atoms with E-state index >= 15 is 0 Å². The van der Waals surface area contributed by atoms with Gasteiger partial charge in [-0.15, -0.1) is 0 Å². The molecule has 12 heterocycles. The van der Waals surface area contributed by atoms with Crippen LogP contribution in [0.3, 0.4) is 0 Å². The first kappa shape index (κ1) is 51.8. The molecule has 0 spiro atoms. The summed E-state index contributed by atoms with van der Waals surface area (Å²) in [5.74, 6) is -27.7. The van der Waals surface area contributed by atoms with Gasteiger partial charge in [0.15, 0.2) is 69.0 Å². The van der Waals surface area contributed by atoms with E-state index in [9.17, 15) is 30.6 Å². The van der Waals surface area contributed by atoms with Crippen LogP contribution in [0.2, 0.25) is 0 Å². The van der Waals surface area contributed by atoms with Crippen LogP contribution in [-0.2, 0) is 38.5 Å². The summed E-state index contributed by atoms with van der Waals surface area (Å²) in [6.07, 6.45) is -49.5. The number of hydrogen-bond donors (Lipinski definition) is 6. The fraction of sp³-hybridized carbons (Fsp3) is 0.684. The van der Waals surface area contributed by atoms with Gasteiger partial charge >= 0.3 is 0 Å². The molecule has 24 nitrogen and oxygen atoms in total. The second-order valence-electron chi connectivity index (χ2n) is 35.4. The van der Waals surface area contributed by atoms with Crippen LogP contribution in [0.4, 0.5) is 0 Å². The van der Waals surface area contributed by atoms with Crippen molar-refractivity contribution >= 4 is 0 Å². The van der Waals surface area contributed by atoms with Gasteiger partial charge in [-0.05, 0) is 326 Å². The van der Waals surface area contributed by atoms with Crippen LogP contribution in [0.25, 0.3) is 0 Å². The first-order valence-corrected chi connectivity index (χ1v) is 45.4. The Hall–Kier alpha value is -7.56. The van der Waals surface area contributed by atoms with Crippen molar-refractivity contribution in [1.82, 2.24) is 29.4 Å². The molecule has 6 saturated heterocycles. The van der Waals surface area contributed by atoms with Gasteiger partial charge in [-0.25, -0.2) is 0 Å². The van der Waals surface area contributed by atoms with Gasteiger partial charge in [-0.3, -0.25) is 29.4 Å². The first-order valence-electron chi connectivity index (χ1n) is 76.9. The third-order valence-electron chi connectivity index (χ3n) is 24.5. The van der Waals surface area contributed by atoms with Gasteiger partial charge in [0.25, 0.3) is 0 Å². The van der Waals surface area contributed by atoms with E-state index in [0.29, 0.717) is 88.5 Å². The number of piperidine rings is 6. The first-order chi connectivity index (χ1) is 90.0. The molecule has 6 aromatic rings. The van der Waals surface area contributed by atoms with Gasteiger partial charge < -0.3 is 87.5 Å². The average Bonchev–Trinajstić information content (AvgIpc) is 0.653. The molecule has 0 radical (unpaired) electrons. The third kappa shape index (κ3) is 25.4. The number of rotatable bonds is 24. The Kier molecular flexibility index (Phi) is 18.4. The molecule has 24 heteroatoms. The summed E-state index contributed by atoms with van der Waals surface area (Å²) in [7, 11) is 3.80. The number of fused-ring (bicyclic) bond motifs is 18. The summed E-state index contributed by atoms with van der Waals surface area (Å²) in [5, 5.41) is 67.2. The molecule has 0 aromatic heterocycles. The zero-order valence-corrected chi connectivity index (χ0v) is 81.0. The van der Waals surface area contributed by atoms with E-state index in [2.05, 4.69) is 0 Å². The third-order valence-corrected chi connectivity index (χ3v) is 24.5. The van der Waals surface area contributed by atoms with Gasteiger partial charge in [0.05, 0.1) is 142 Å². The quantitative estimate of drug-likeness (QED) is 0.0329. The predicted molar refractivity (Wildman–Crippen MR) is 547 cm³/mol. The molecule has 0 bridgehead atoms. The van der Waals surface area contributed by atoms with E-state index < -0.39 is 264 Å². The van der Waals surface area contributed by atoms with Gasteiger partial charge in [0.2, 0.25) is 0 Å². The number of hydrogen-bond acceptors (Lipinski definition) is 24. The Morgan fingerprint density at radius 3 is 0.594 bits per heavy atom. The largest absolute Gasteiger partial charge is 0.493 e. The molecule has 6 aromatic carbocycles. The Balaban J connectivity index is 0.000000194. The minimum Gasteiger partial charge on any atom is -0.493 e. The lowest BCUT2D eigenvalue weighted by Gasteiger charge is -2.46. The summed E-state index contributed by atoms with van der Waals surface area (Å²) in [6.45, 7) is -16.1. The van der Waals surface area contributed by atoms with Crippen LogP contribution >= 0.6 is 0 Å². The van der Waals surface area contributed by atoms with Crippen LogP contribution < -0.4 is 56.8 Å². The highest BCUT2D eigenvalue weighted by atomic mass is 16.5. The summed E-state index contributed by atoms with van der Waals surface area (Å²) in [6, 6.07) is 7.91. The van der Waals surface area contributed by atoms with E-state index in [1.165, 1.54) is 121 Å². The summed E-state index contributed by atoms with van der Waals surface area (Å²) in [5.41, 5.74) is 4.32. The Morgan fingerprint density at radius 1 is 0.275 bits per heavy atom. The van der Waals surface area contributed by atoms with Crippen LogP contribution in [-0.4, -0.2) is 260 Å². The zero-order chi connectivity index (χ0) is 155. The highest BCUT2D eigenvalue weighted by Crippen LogP contribution is 2.52. The molecule has 0 saturated carbocycles. The molecular formula is C114H174N6O18. The SMILES string of the molecule is [2H]C([2H])([2H])C([2H])(C)C([2H])([2H])C1([2H])C([2H])([2H])N2CCc3cc(OC)c(OC)cc3C2C([2H])([2H])C1([2H])O.[2H]C([2H])([2H])C([2H])(C)C([2H])([2H])C1([2H])C([2H])([2H])N2CCc3cc(OC)c(OC)cc3C2C([2H])([2H])C1([2H])O.[2H]C([2H])([2H])Oc1cc2c(cc1OC)CCN1C2C([2H])([2H])C([2H])(O)C([2H])(C([2H])([2H])C([2H])(C)C([2H])([2H])[2H])C1([2H])[2H].[2H]C([2H])([2H])Oc1cc2c(cc1OC)CCN1C2C([2H])([2H])C([2H])(O)C([2H])(CC(C)C)C1([2H])[2H].[2H]C([2H])([2H])Oc1cc2c(cc1OC)CCN1C2C([2H])([2H])C([2H])(O)C([2H])(CC(C)C)C1([2H])[2H].[2H]C1([2H])C2c3cc(OC)c(OC)cc3CCN2C([2H])([2H])C([2H])(CC(C)C)C1([2H])O. The van der Waals surface area contributed by atoms with Crippen molar-refractivity contribution in [3.8, 4) is 69.0 Å². The van der Waals surface area contributed by atoms with E-state index in [0.717, 1.165) is 21.4 Å². The van der Waals surface area contributed by atoms with Gasteiger partial charge in [-0.1, -0.05) is 82.9 Å². The fourth-order valence-corrected chi connectivity index (χ4v) is 18.1.